The second kappa shape index (κ2) is 12.2. The summed E-state index contributed by atoms with van der Waals surface area (Å²) in [6.45, 7) is 5.81. The van der Waals surface area contributed by atoms with Gasteiger partial charge in [0.15, 0.2) is 0 Å². The summed E-state index contributed by atoms with van der Waals surface area (Å²) in [5.41, 5.74) is 0.363. The largest absolute Gasteiger partial charge is 0.443 e. The highest BCUT2D eigenvalue weighted by Crippen LogP contribution is 2.40. The first-order valence-electron chi connectivity index (χ1n) is 13.4. The number of rotatable bonds is 9. The number of nitrogens with zero attached hydrogens (tertiary/aromatic N) is 1. The lowest BCUT2D eigenvalue weighted by atomic mass is 9.87. The molecule has 1 aliphatic heterocycles. The van der Waals surface area contributed by atoms with E-state index in [2.05, 4.69) is 5.32 Å². The fourth-order valence-corrected chi connectivity index (χ4v) is 5.09. The van der Waals surface area contributed by atoms with Gasteiger partial charge in [0, 0.05) is 11.6 Å². The fraction of sp³-hybridized carbons (Fsp3) is 0.281. The molecule has 1 heterocycles. The molecule has 1 N–H and O–H groups in total. The summed E-state index contributed by atoms with van der Waals surface area (Å²) in [6, 6.07) is 19.2. The normalized spacial score (nSPS) is 17.3. The smallest absolute Gasteiger partial charge is 0.408 e. The number of carbonyl (C=O) groups excluding carboxylic acids is 3. The molecule has 6 nitrogen and oxygen atoms in total. The Hall–Kier alpha value is -4.33. The third kappa shape index (κ3) is 5.96. The maximum Gasteiger partial charge on any atom is 0.408 e. The zero-order valence-corrected chi connectivity index (χ0v) is 22.7. The van der Waals surface area contributed by atoms with E-state index in [4.69, 9.17) is 4.74 Å². The third-order valence-corrected chi connectivity index (χ3v) is 7.51. The van der Waals surface area contributed by atoms with E-state index in [1.807, 2.05) is 26.8 Å². The molecule has 3 aromatic rings. The van der Waals surface area contributed by atoms with Crippen molar-refractivity contribution in [1.29, 1.82) is 0 Å². The number of hydrogen-bond donors (Lipinski definition) is 1. The molecule has 1 aliphatic rings. The number of alkyl carbamates (subject to hydrolysis) is 1. The molecule has 4 rings (SSSR count). The summed E-state index contributed by atoms with van der Waals surface area (Å²) in [5.74, 6) is -4.51. The Balaban J connectivity index is 1.83. The molecule has 0 spiro atoms. The van der Waals surface area contributed by atoms with Gasteiger partial charge in [0.25, 0.3) is 5.91 Å². The second-order valence-electron chi connectivity index (χ2n) is 9.76. The van der Waals surface area contributed by atoms with Gasteiger partial charge in [-0.25, -0.2) is 18.5 Å². The summed E-state index contributed by atoms with van der Waals surface area (Å²) in [5, 5.41) is 2.85. The van der Waals surface area contributed by atoms with Crippen LogP contribution in [0.5, 0.6) is 0 Å². The Bertz CT molecular complexity index is 1380. The van der Waals surface area contributed by atoms with Crippen LogP contribution in [-0.2, 0) is 14.3 Å². The molecule has 1 fully saturated rings. The summed E-state index contributed by atoms with van der Waals surface area (Å²) >= 11 is 0. The van der Waals surface area contributed by atoms with Crippen LogP contribution in [0.25, 0.3) is 6.08 Å². The molecule has 0 radical (unpaired) electrons. The van der Waals surface area contributed by atoms with Crippen molar-refractivity contribution in [2.75, 3.05) is 4.90 Å². The first-order chi connectivity index (χ1) is 19.2. The minimum absolute atomic E-state index is 0.0720. The Morgan fingerprint density at radius 2 is 1.48 bits per heavy atom. The van der Waals surface area contributed by atoms with Crippen molar-refractivity contribution >= 4 is 29.7 Å². The number of benzene rings is 3. The van der Waals surface area contributed by atoms with Crippen LogP contribution in [0.4, 0.5) is 19.3 Å². The molecule has 40 heavy (non-hydrogen) atoms. The molecule has 2 atom stereocenters. The predicted molar refractivity (Wildman–Crippen MR) is 149 cm³/mol. The van der Waals surface area contributed by atoms with Gasteiger partial charge in [-0.2, -0.15) is 0 Å². The lowest BCUT2D eigenvalue weighted by molar-refractivity contribution is -0.122. The minimum atomic E-state index is -1.20. The highest BCUT2D eigenvalue weighted by atomic mass is 19.1. The topological polar surface area (TPSA) is 75.7 Å². The summed E-state index contributed by atoms with van der Waals surface area (Å²) < 4.78 is 34.2. The van der Waals surface area contributed by atoms with E-state index >= 15 is 0 Å². The number of hydrogen-bond acceptors (Lipinski definition) is 4. The highest BCUT2D eigenvalue weighted by Gasteiger charge is 2.49. The molecule has 3 aromatic carbocycles. The predicted octanol–water partition coefficient (Wildman–Crippen LogP) is 6.97. The van der Waals surface area contributed by atoms with Gasteiger partial charge in [0.2, 0.25) is 5.91 Å². The molecule has 0 aliphatic carbocycles. The summed E-state index contributed by atoms with van der Waals surface area (Å²) in [4.78, 5) is 41.9. The molecular formula is C32H32F2N2O4. The van der Waals surface area contributed by atoms with E-state index in [1.165, 1.54) is 0 Å². The van der Waals surface area contributed by atoms with Gasteiger partial charge in [0.1, 0.15) is 17.2 Å². The van der Waals surface area contributed by atoms with Crippen molar-refractivity contribution in [1.82, 2.24) is 5.32 Å². The van der Waals surface area contributed by atoms with Crippen molar-refractivity contribution in [3.05, 3.63) is 107 Å². The number of imide groups is 1. The first-order valence-corrected chi connectivity index (χ1v) is 13.4. The summed E-state index contributed by atoms with van der Waals surface area (Å²) in [7, 11) is 0. The van der Waals surface area contributed by atoms with Crippen LogP contribution in [0.2, 0.25) is 0 Å². The van der Waals surface area contributed by atoms with Crippen LogP contribution < -0.4 is 10.2 Å². The lowest BCUT2D eigenvalue weighted by Crippen LogP contribution is -2.42. The standard InChI is InChI=1S/C32H32F2N2O4/c1-4-32(5-2,6-3)40-31(39)35-28(22-15-11-8-12-16-22)27-26(17-21-13-9-7-10-14-21)29(37)36(30(27)38)25-19-23(33)18-24(34)20-25/h7-20,27-28H,4-6H2,1-3H3,(H,35,39)/b26-17+/t27-,28+/m0/s1. The number of nitrogens with one attached hydrogen (secondary N) is 1. The van der Waals surface area contributed by atoms with E-state index < -0.39 is 47.1 Å². The molecule has 1 saturated heterocycles. The molecule has 3 amide bonds. The average Bonchev–Trinajstić information content (AvgIpc) is 3.19. The zero-order valence-electron chi connectivity index (χ0n) is 22.7. The van der Waals surface area contributed by atoms with Gasteiger partial charge >= 0.3 is 6.09 Å². The lowest BCUT2D eigenvalue weighted by Gasteiger charge is -2.32. The quantitative estimate of drug-likeness (QED) is 0.232. The van der Waals surface area contributed by atoms with E-state index in [1.54, 1.807) is 60.7 Å². The molecule has 0 aromatic heterocycles. The van der Waals surface area contributed by atoms with Crippen molar-refractivity contribution in [2.24, 2.45) is 5.92 Å². The zero-order chi connectivity index (χ0) is 28.9. The van der Waals surface area contributed by atoms with Crippen LogP contribution in [0.15, 0.2) is 84.4 Å². The maximum atomic E-state index is 14.2. The number of halogens is 2. The fourth-order valence-electron chi connectivity index (χ4n) is 5.09. The van der Waals surface area contributed by atoms with E-state index in [0.29, 0.717) is 36.5 Å². The molecule has 0 bridgehead atoms. The van der Waals surface area contributed by atoms with Gasteiger partial charge in [0.05, 0.1) is 17.6 Å². The Labute approximate surface area is 232 Å². The van der Waals surface area contributed by atoms with Crippen LogP contribution in [-0.4, -0.2) is 23.5 Å². The number of carbonyl (C=O) groups is 3. The van der Waals surface area contributed by atoms with E-state index in [9.17, 15) is 23.2 Å². The molecular weight excluding hydrogens is 514 g/mol. The van der Waals surface area contributed by atoms with Gasteiger partial charge in [-0.15, -0.1) is 0 Å². The Morgan fingerprint density at radius 3 is 2.02 bits per heavy atom. The first kappa shape index (κ1) is 28.7. The Morgan fingerprint density at radius 1 is 0.925 bits per heavy atom. The minimum Gasteiger partial charge on any atom is -0.443 e. The van der Waals surface area contributed by atoms with Crippen LogP contribution in [0.3, 0.4) is 0 Å². The highest BCUT2D eigenvalue weighted by molar-refractivity contribution is 6.31. The third-order valence-electron chi connectivity index (χ3n) is 7.51. The Kier molecular flexibility index (Phi) is 8.77. The van der Waals surface area contributed by atoms with E-state index in [-0.39, 0.29) is 11.3 Å². The molecule has 0 unspecified atom stereocenters. The maximum absolute atomic E-state index is 14.2. The van der Waals surface area contributed by atoms with Gasteiger partial charge < -0.3 is 10.1 Å². The van der Waals surface area contributed by atoms with Gasteiger partial charge in [-0.05, 0) is 48.6 Å². The van der Waals surface area contributed by atoms with Crippen LogP contribution >= 0.6 is 0 Å². The van der Waals surface area contributed by atoms with Crippen LogP contribution in [0.1, 0.15) is 57.2 Å². The molecule has 8 heteroatoms. The van der Waals surface area contributed by atoms with Crippen molar-refractivity contribution in [2.45, 2.75) is 51.7 Å². The van der Waals surface area contributed by atoms with Crippen molar-refractivity contribution < 1.29 is 27.9 Å². The SMILES string of the molecule is CCC(CC)(CC)OC(=O)N[C@H](c1ccccc1)[C@H]1C(=O)N(c2cc(F)cc(F)c2)C(=O)/C1=C/c1ccccc1. The van der Waals surface area contributed by atoms with Gasteiger partial charge in [-0.3, -0.25) is 9.59 Å². The second-order valence-corrected chi connectivity index (χ2v) is 9.76. The van der Waals surface area contributed by atoms with Gasteiger partial charge in [-0.1, -0.05) is 81.4 Å². The molecule has 208 valence electrons. The molecule has 0 saturated carbocycles. The number of amides is 3. The van der Waals surface area contributed by atoms with Crippen molar-refractivity contribution in [3.63, 3.8) is 0 Å². The number of ether oxygens (including phenoxy) is 1. The summed E-state index contributed by atoms with van der Waals surface area (Å²) in [6.07, 6.45) is 2.64. The van der Waals surface area contributed by atoms with E-state index in [0.717, 1.165) is 17.0 Å². The average molecular weight is 547 g/mol. The monoisotopic (exact) mass is 546 g/mol. The van der Waals surface area contributed by atoms with Crippen molar-refractivity contribution in [3.8, 4) is 0 Å². The number of anilines is 1. The van der Waals surface area contributed by atoms with Crippen LogP contribution in [0, 0.1) is 17.6 Å².